The molecule has 0 fully saturated rings. The van der Waals surface area contributed by atoms with Gasteiger partial charge in [-0.25, -0.2) is 14.6 Å². The minimum Gasteiger partial charge on any atom is -0.464 e. The van der Waals surface area contributed by atoms with Gasteiger partial charge in [-0.05, 0) is 30.2 Å². The number of methoxy groups -OCH3 is 1. The van der Waals surface area contributed by atoms with Crippen LogP contribution in [0.4, 0.5) is 27.1 Å². The van der Waals surface area contributed by atoms with Gasteiger partial charge in [-0.1, -0.05) is 56.3 Å². The standard InChI is InChI=1S/C25H24N6O3S/c1-15(2)22-21(23(32)34-3)29-25(35-22)27-19-12-8-7-11-18(19)26-24(33)28-20-14-13-17(30-31-20)16-9-5-4-6-10-16/h4-15H,1-3H3,(H,27,29)(H2,26,28,31,33). The highest BCUT2D eigenvalue weighted by Crippen LogP contribution is 2.34. The molecular weight excluding hydrogens is 464 g/mol. The third-order valence-corrected chi connectivity index (χ3v) is 6.22. The Morgan fingerprint density at radius 1 is 0.886 bits per heavy atom. The van der Waals surface area contributed by atoms with E-state index in [1.54, 1.807) is 30.3 Å². The van der Waals surface area contributed by atoms with E-state index >= 15 is 0 Å². The van der Waals surface area contributed by atoms with Crippen molar-refractivity contribution in [2.24, 2.45) is 0 Å². The number of benzene rings is 2. The van der Waals surface area contributed by atoms with Gasteiger partial charge in [0.05, 0.1) is 24.2 Å². The van der Waals surface area contributed by atoms with E-state index in [2.05, 4.69) is 31.1 Å². The van der Waals surface area contributed by atoms with Crippen molar-refractivity contribution in [2.45, 2.75) is 19.8 Å². The van der Waals surface area contributed by atoms with Crippen molar-refractivity contribution < 1.29 is 14.3 Å². The van der Waals surface area contributed by atoms with Gasteiger partial charge in [0, 0.05) is 10.4 Å². The van der Waals surface area contributed by atoms with Gasteiger partial charge in [-0.2, -0.15) is 0 Å². The number of esters is 1. The van der Waals surface area contributed by atoms with Crippen LogP contribution in [0.25, 0.3) is 11.3 Å². The van der Waals surface area contributed by atoms with Gasteiger partial charge in [-0.15, -0.1) is 21.5 Å². The highest BCUT2D eigenvalue weighted by Gasteiger charge is 2.21. The van der Waals surface area contributed by atoms with E-state index in [-0.39, 0.29) is 11.6 Å². The summed E-state index contributed by atoms with van der Waals surface area (Å²) in [6.07, 6.45) is 0. The molecule has 2 amide bonds. The molecule has 0 aliphatic rings. The minimum absolute atomic E-state index is 0.102. The summed E-state index contributed by atoms with van der Waals surface area (Å²) in [4.78, 5) is 30.0. The van der Waals surface area contributed by atoms with Crippen molar-refractivity contribution in [3.63, 3.8) is 0 Å². The van der Waals surface area contributed by atoms with Crippen LogP contribution in [-0.4, -0.2) is 34.3 Å². The zero-order valence-electron chi connectivity index (χ0n) is 19.4. The highest BCUT2D eigenvalue weighted by atomic mass is 32.1. The first-order valence-corrected chi connectivity index (χ1v) is 11.7. The molecule has 2 aromatic heterocycles. The fourth-order valence-electron chi connectivity index (χ4n) is 3.27. The Bertz CT molecular complexity index is 1320. The lowest BCUT2D eigenvalue weighted by Crippen LogP contribution is -2.21. The number of thiazole rings is 1. The molecule has 0 saturated heterocycles. The van der Waals surface area contributed by atoms with Crippen molar-refractivity contribution in [3.05, 3.63) is 77.3 Å². The first-order chi connectivity index (χ1) is 16.9. The molecule has 0 spiro atoms. The highest BCUT2D eigenvalue weighted by molar-refractivity contribution is 7.16. The topological polar surface area (TPSA) is 118 Å². The van der Waals surface area contributed by atoms with Crippen molar-refractivity contribution in [1.82, 2.24) is 15.2 Å². The van der Waals surface area contributed by atoms with Gasteiger partial charge in [0.15, 0.2) is 16.6 Å². The second kappa shape index (κ2) is 10.7. The lowest BCUT2D eigenvalue weighted by atomic mass is 10.1. The Morgan fingerprint density at radius 2 is 1.60 bits per heavy atom. The molecule has 4 rings (SSSR count). The Morgan fingerprint density at radius 3 is 2.26 bits per heavy atom. The maximum atomic E-state index is 12.6. The molecule has 0 radical (unpaired) electrons. The first-order valence-electron chi connectivity index (χ1n) is 10.9. The summed E-state index contributed by atoms with van der Waals surface area (Å²) in [5, 5.41) is 17.5. The molecule has 0 saturated carbocycles. The molecule has 0 unspecified atom stereocenters. The van der Waals surface area contributed by atoms with E-state index < -0.39 is 12.0 Å². The van der Waals surface area contributed by atoms with Gasteiger partial charge in [0.25, 0.3) is 0 Å². The second-order valence-corrected chi connectivity index (χ2v) is 8.83. The second-order valence-electron chi connectivity index (χ2n) is 7.80. The number of nitrogens with zero attached hydrogens (tertiary/aromatic N) is 3. The van der Waals surface area contributed by atoms with Gasteiger partial charge in [0.1, 0.15) is 0 Å². The smallest absolute Gasteiger partial charge is 0.357 e. The molecule has 0 aliphatic carbocycles. The van der Waals surface area contributed by atoms with Crippen LogP contribution in [0.1, 0.15) is 35.1 Å². The maximum Gasteiger partial charge on any atom is 0.357 e. The number of rotatable bonds is 7. The molecule has 4 aromatic rings. The lowest BCUT2D eigenvalue weighted by molar-refractivity contribution is 0.0593. The van der Waals surface area contributed by atoms with Gasteiger partial charge in [0.2, 0.25) is 0 Å². The van der Waals surface area contributed by atoms with E-state index in [1.807, 2.05) is 50.2 Å². The summed E-state index contributed by atoms with van der Waals surface area (Å²) >= 11 is 1.37. The Balaban J connectivity index is 1.46. The number of anilines is 4. The number of nitrogens with one attached hydrogen (secondary N) is 3. The van der Waals surface area contributed by atoms with E-state index in [1.165, 1.54) is 18.4 Å². The number of hydrogen-bond acceptors (Lipinski definition) is 8. The molecule has 0 bridgehead atoms. The molecule has 2 aromatic carbocycles. The zero-order valence-corrected chi connectivity index (χ0v) is 20.2. The number of para-hydroxylation sites is 2. The summed E-state index contributed by atoms with van der Waals surface area (Å²) in [5.74, 6) is -0.0642. The van der Waals surface area contributed by atoms with Crippen LogP contribution < -0.4 is 16.0 Å². The van der Waals surface area contributed by atoms with Crippen LogP contribution in [-0.2, 0) is 4.74 Å². The van der Waals surface area contributed by atoms with Crippen molar-refractivity contribution in [2.75, 3.05) is 23.1 Å². The molecule has 0 atom stereocenters. The number of ether oxygens (including phenoxy) is 1. The predicted molar refractivity (Wildman–Crippen MR) is 137 cm³/mol. The monoisotopic (exact) mass is 488 g/mol. The largest absolute Gasteiger partial charge is 0.464 e. The fourth-order valence-corrected chi connectivity index (χ4v) is 4.24. The van der Waals surface area contributed by atoms with Crippen LogP contribution >= 0.6 is 11.3 Å². The number of carbonyl (C=O) groups is 2. The third kappa shape index (κ3) is 5.79. The maximum absolute atomic E-state index is 12.6. The first kappa shape index (κ1) is 23.8. The molecule has 10 heteroatoms. The minimum atomic E-state index is -0.483. The zero-order chi connectivity index (χ0) is 24.8. The molecule has 35 heavy (non-hydrogen) atoms. The number of amides is 2. The third-order valence-electron chi connectivity index (χ3n) is 4.95. The average molecular weight is 489 g/mol. The Hall–Kier alpha value is -4.31. The fraction of sp³-hybridized carbons (Fsp3) is 0.160. The number of aromatic nitrogens is 3. The van der Waals surface area contributed by atoms with E-state index in [9.17, 15) is 9.59 Å². The van der Waals surface area contributed by atoms with Gasteiger partial charge >= 0.3 is 12.0 Å². The number of urea groups is 1. The molecule has 178 valence electrons. The van der Waals surface area contributed by atoms with Crippen LogP contribution in [0.2, 0.25) is 0 Å². The van der Waals surface area contributed by atoms with Gasteiger partial charge < -0.3 is 15.4 Å². The predicted octanol–water partition coefficient (Wildman–Crippen LogP) is 5.90. The lowest BCUT2D eigenvalue weighted by Gasteiger charge is -2.12. The quantitative estimate of drug-likeness (QED) is 0.277. The Kier molecular flexibility index (Phi) is 7.32. The SMILES string of the molecule is COC(=O)c1nc(Nc2ccccc2NC(=O)Nc2ccc(-c3ccccc3)nn2)sc1C(C)C. The van der Waals surface area contributed by atoms with E-state index in [0.29, 0.717) is 28.0 Å². The molecule has 0 aliphatic heterocycles. The van der Waals surface area contributed by atoms with Crippen LogP contribution in [0.3, 0.4) is 0 Å². The number of carbonyl (C=O) groups excluding carboxylic acids is 2. The summed E-state index contributed by atoms with van der Waals surface area (Å²) in [5.41, 5.74) is 3.08. The van der Waals surface area contributed by atoms with Crippen LogP contribution in [0, 0.1) is 0 Å². The van der Waals surface area contributed by atoms with Crippen LogP contribution in [0.15, 0.2) is 66.7 Å². The average Bonchev–Trinajstić information content (AvgIpc) is 3.30. The summed E-state index contributed by atoms with van der Waals surface area (Å²) in [6.45, 7) is 3.97. The molecular formula is C25H24N6O3S. The molecule has 2 heterocycles. The van der Waals surface area contributed by atoms with Crippen LogP contribution in [0.5, 0.6) is 0 Å². The van der Waals surface area contributed by atoms with E-state index in [0.717, 1.165) is 10.4 Å². The molecule has 3 N–H and O–H groups in total. The summed E-state index contributed by atoms with van der Waals surface area (Å²) in [6, 6.07) is 19.9. The Labute approximate surface area is 206 Å². The van der Waals surface area contributed by atoms with Crippen molar-refractivity contribution >= 4 is 45.7 Å². The van der Waals surface area contributed by atoms with Crippen molar-refractivity contribution in [3.8, 4) is 11.3 Å². The molecule has 9 nitrogen and oxygen atoms in total. The summed E-state index contributed by atoms with van der Waals surface area (Å²) < 4.78 is 4.86. The number of hydrogen-bond donors (Lipinski definition) is 3. The normalized spacial score (nSPS) is 10.6. The van der Waals surface area contributed by atoms with Gasteiger partial charge in [-0.3, -0.25) is 5.32 Å². The van der Waals surface area contributed by atoms with Crippen molar-refractivity contribution in [1.29, 1.82) is 0 Å². The summed E-state index contributed by atoms with van der Waals surface area (Å²) in [7, 11) is 1.33. The van der Waals surface area contributed by atoms with E-state index in [4.69, 9.17) is 4.74 Å².